The van der Waals surface area contributed by atoms with Gasteiger partial charge in [0.15, 0.2) is 0 Å². The lowest BCUT2D eigenvalue weighted by molar-refractivity contribution is -0.140. The van der Waals surface area contributed by atoms with Crippen LogP contribution in [0.25, 0.3) is 5.69 Å². The summed E-state index contributed by atoms with van der Waals surface area (Å²) >= 11 is 0. The van der Waals surface area contributed by atoms with Crippen molar-refractivity contribution in [2.75, 3.05) is 20.1 Å². The molecule has 166 valence electrons. The molecule has 1 saturated heterocycles. The van der Waals surface area contributed by atoms with Crippen molar-refractivity contribution in [3.63, 3.8) is 0 Å². The molecule has 0 aliphatic carbocycles. The van der Waals surface area contributed by atoms with Crippen molar-refractivity contribution in [3.8, 4) is 5.69 Å². The number of amides is 2. The minimum atomic E-state index is -0.0256. The van der Waals surface area contributed by atoms with E-state index in [0.29, 0.717) is 26.1 Å². The van der Waals surface area contributed by atoms with Crippen LogP contribution in [0.4, 0.5) is 0 Å². The molecule has 6 heteroatoms. The SMILES string of the molecule is CN(Cc1cnn(-c2ccccc2)c1)C(=O)C1CCN(C(=O)CCc2ccccc2)CC1. The number of carbonyl (C=O) groups is 2. The van der Waals surface area contributed by atoms with E-state index in [1.54, 1.807) is 4.90 Å². The number of hydrogen-bond donors (Lipinski definition) is 0. The quantitative estimate of drug-likeness (QED) is 0.574. The second-order valence-electron chi connectivity index (χ2n) is 8.46. The van der Waals surface area contributed by atoms with Crippen LogP contribution in [-0.4, -0.2) is 51.5 Å². The minimum Gasteiger partial charge on any atom is -0.343 e. The van der Waals surface area contributed by atoms with Crippen molar-refractivity contribution >= 4 is 11.8 Å². The number of rotatable bonds is 7. The highest BCUT2D eigenvalue weighted by molar-refractivity contribution is 5.80. The Labute approximate surface area is 189 Å². The van der Waals surface area contributed by atoms with Crippen molar-refractivity contribution in [2.45, 2.75) is 32.2 Å². The molecule has 1 aromatic heterocycles. The Bertz CT molecular complexity index is 1020. The number of carbonyl (C=O) groups excluding carboxylic acids is 2. The van der Waals surface area contributed by atoms with Crippen molar-refractivity contribution in [1.29, 1.82) is 0 Å². The lowest BCUT2D eigenvalue weighted by Gasteiger charge is -2.33. The van der Waals surface area contributed by atoms with E-state index in [0.717, 1.165) is 30.5 Å². The van der Waals surface area contributed by atoms with Crippen LogP contribution in [0.5, 0.6) is 0 Å². The Balaban J connectivity index is 1.24. The standard InChI is InChI=1S/C26H30N4O2/c1-28(19-22-18-27-30(20-22)24-10-6-3-7-11-24)26(32)23-14-16-29(17-15-23)25(31)13-12-21-8-4-2-5-9-21/h2-11,18,20,23H,12-17,19H2,1H3. The summed E-state index contributed by atoms with van der Waals surface area (Å²) < 4.78 is 1.83. The van der Waals surface area contributed by atoms with E-state index in [2.05, 4.69) is 17.2 Å². The summed E-state index contributed by atoms with van der Waals surface area (Å²) in [5.41, 5.74) is 3.18. The maximum absolute atomic E-state index is 13.0. The maximum Gasteiger partial charge on any atom is 0.225 e. The number of piperidine rings is 1. The third-order valence-electron chi connectivity index (χ3n) is 6.12. The molecule has 1 fully saturated rings. The van der Waals surface area contributed by atoms with E-state index in [1.807, 2.05) is 77.6 Å². The number of benzene rings is 2. The zero-order valence-corrected chi connectivity index (χ0v) is 18.6. The molecular formula is C26H30N4O2. The monoisotopic (exact) mass is 430 g/mol. The second kappa shape index (κ2) is 10.3. The van der Waals surface area contributed by atoms with E-state index in [4.69, 9.17) is 0 Å². The van der Waals surface area contributed by atoms with Gasteiger partial charge in [-0.1, -0.05) is 48.5 Å². The van der Waals surface area contributed by atoms with Gasteiger partial charge in [0, 0.05) is 50.8 Å². The fraction of sp³-hybridized carbons (Fsp3) is 0.346. The number of para-hydroxylation sites is 1. The minimum absolute atomic E-state index is 0.0256. The molecule has 1 aliphatic rings. The number of hydrogen-bond acceptors (Lipinski definition) is 3. The predicted octanol–water partition coefficient (Wildman–Crippen LogP) is 3.70. The summed E-state index contributed by atoms with van der Waals surface area (Å²) in [6, 6.07) is 20.0. The Kier molecular flexibility index (Phi) is 7.00. The van der Waals surface area contributed by atoms with Gasteiger partial charge in [-0.25, -0.2) is 4.68 Å². The average Bonchev–Trinajstić information content (AvgIpc) is 3.32. The smallest absolute Gasteiger partial charge is 0.225 e. The highest BCUT2D eigenvalue weighted by atomic mass is 16.2. The van der Waals surface area contributed by atoms with Crippen LogP contribution in [-0.2, 0) is 22.6 Å². The zero-order chi connectivity index (χ0) is 22.3. The predicted molar refractivity (Wildman–Crippen MR) is 124 cm³/mol. The van der Waals surface area contributed by atoms with Crippen molar-refractivity contribution in [2.24, 2.45) is 5.92 Å². The zero-order valence-electron chi connectivity index (χ0n) is 18.6. The molecular weight excluding hydrogens is 400 g/mol. The molecule has 32 heavy (non-hydrogen) atoms. The van der Waals surface area contributed by atoms with E-state index in [9.17, 15) is 9.59 Å². The number of aryl methyl sites for hydroxylation is 1. The second-order valence-corrected chi connectivity index (χ2v) is 8.46. The average molecular weight is 431 g/mol. The Morgan fingerprint density at radius 3 is 2.31 bits per heavy atom. The van der Waals surface area contributed by atoms with Crippen LogP contribution in [0.1, 0.15) is 30.4 Å². The first-order valence-corrected chi connectivity index (χ1v) is 11.3. The number of likely N-dealkylation sites (tertiary alicyclic amines) is 1. The molecule has 0 spiro atoms. The molecule has 2 amide bonds. The van der Waals surface area contributed by atoms with Crippen molar-refractivity contribution in [1.82, 2.24) is 19.6 Å². The summed E-state index contributed by atoms with van der Waals surface area (Å²) in [5, 5.41) is 4.41. The van der Waals surface area contributed by atoms with Crippen LogP contribution in [0.3, 0.4) is 0 Å². The fourth-order valence-electron chi connectivity index (χ4n) is 4.26. The molecule has 6 nitrogen and oxygen atoms in total. The van der Waals surface area contributed by atoms with E-state index < -0.39 is 0 Å². The third kappa shape index (κ3) is 5.44. The highest BCUT2D eigenvalue weighted by Crippen LogP contribution is 2.21. The van der Waals surface area contributed by atoms with Gasteiger partial charge in [0.2, 0.25) is 11.8 Å². The lowest BCUT2D eigenvalue weighted by Crippen LogP contribution is -2.43. The molecule has 0 unspecified atom stereocenters. The number of aromatic nitrogens is 2. The first kappa shape index (κ1) is 21.8. The normalized spacial score (nSPS) is 14.3. The summed E-state index contributed by atoms with van der Waals surface area (Å²) in [5.74, 6) is 0.303. The molecule has 0 saturated carbocycles. The molecule has 0 radical (unpaired) electrons. The van der Waals surface area contributed by atoms with Gasteiger partial charge in [-0.3, -0.25) is 9.59 Å². The number of nitrogens with zero attached hydrogens (tertiary/aromatic N) is 4. The molecule has 2 aromatic carbocycles. The van der Waals surface area contributed by atoms with E-state index in [1.165, 1.54) is 5.56 Å². The van der Waals surface area contributed by atoms with Gasteiger partial charge in [-0.15, -0.1) is 0 Å². The van der Waals surface area contributed by atoms with Gasteiger partial charge >= 0.3 is 0 Å². The van der Waals surface area contributed by atoms with Gasteiger partial charge in [-0.2, -0.15) is 5.10 Å². The van der Waals surface area contributed by atoms with Crippen LogP contribution >= 0.6 is 0 Å². The highest BCUT2D eigenvalue weighted by Gasteiger charge is 2.29. The molecule has 1 aliphatic heterocycles. The molecule has 0 bridgehead atoms. The summed E-state index contributed by atoms with van der Waals surface area (Å²) in [6.45, 7) is 1.84. The first-order valence-electron chi connectivity index (χ1n) is 11.3. The molecule has 3 aromatic rings. The maximum atomic E-state index is 13.0. The molecule has 0 N–H and O–H groups in total. The van der Waals surface area contributed by atoms with Crippen LogP contribution in [0.15, 0.2) is 73.1 Å². The lowest BCUT2D eigenvalue weighted by atomic mass is 9.95. The Morgan fingerprint density at radius 2 is 1.62 bits per heavy atom. The van der Waals surface area contributed by atoms with Gasteiger partial charge in [0.05, 0.1) is 11.9 Å². The van der Waals surface area contributed by atoms with Crippen LogP contribution < -0.4 is 0 Å². The Hall–Kier alpha value is -3.41. The summed E-state index contributed by atoms with van der Waals surface area (Å²) in [4.78, 5) is 29.2. The van der Waals surface area contributed by atoms with Gasteiger partial charge in [0.25, 0.3) is 0 Å². The topological polar surface area (TPSA) is 58.4 Å². The molecule has 2 heterocycles. The summed E-state index contributed by atoms with van der Waals surface area (Å²) in [6.07, 6.45) is 6.51. The fourth-order valence-corrected chi connectivity index (χ4v) is 4.26. The van der Waals surface area contributed by atoms with Crippen molar-refractivity contribution in [3.05, 3.63) is 84.2 Å². The largest absolute Gasteiger partial charge is 0.343 e. The van der Waals surface area contributed by atoms with E-state index >= 15 is 0 Å². The van der Waals surface area contributed by atoms with Crippen LogP contribution in [0, 0.1) is 5.92 Å². The molecule has 0 atom stereocenters. The van der Waals surface area contributed by atoms with Gasteiger partial charge in [-0.05, 0) is 37.0 Å². The molecule has 4 rings (SSSR count). The first-order chi connectivity index (χ1) is 15.6. The van der Waals surface area contributed by atoms with E-state index in [-0.39, 0.29) is 17.7 Å². The van der Waals surface area contributed by atoms with Gasteiger partial charge < -0.3 is 9.80 Å². The summed E-state index contributed by atoms with van der Waals surface area (Å²) in [7, 11) is 1.85. The van der Waals surface area contributed by atoms with Gasteiger partial charge in [0.1, 0.15) is 0 Å². The Morgan fingerprint density at radius 1 is 0.969 bits per heavy atom. The van der Waals surface area contributed by atoms with Crippen molar-refractivity contribution < 1.29 is 9.59 Å². The van der Waals surface area contributed by atoms with Crippen LogP contribution in [0.2, 0.25) is 0 Å². The third-order valence-corrected chi connectivity index (χ3v) is 6.12.